The van der Waals surface area contributed by atoms with E-state index in [1.54, 1.807) is 18.1 Å². The van der Waals surface area contributed by atoms with Gasteiger partial charge in [0, 0.05) is 19.3 Å². The number of fused-ring (bicyclic) bond motifs is 1. The molecule has 3 aromatic heterocycles. The highest BCUT2D eigenvalue weighted by Gasteiger charge is 2.08. The number of aromatic nitrogens is 7. The van der Waals surface area contributed by atoms with E-state index in [9.17, 15) is 0 Å². The van der Waals surface area contributed by atoms with Crippen LogP contribution in [0.3, 0.4) is 0 Å². The first-order chi connectivity index (χ1) is 10.2. The van der Waals surface area contributed by atoms with Crippen LogP contribution in [0.2, 0.25) is 0 Å². The fourth-order valence-corrected chi connectivity index (χ4v) is 2.85. The van der Waals surface area contributed by atoms with Gasteiger partial charge in [0.25, 0.3) is 0 Å². The van der Waals surface area contributed by atoms with Crippen LogP contribution in [-0.4, -0.2) is 40.0 Å². The molecule has 0 radical (unpaired) electrons. The normalized spacial score (nSPS) is 11.3. The van der Waals surface area contributed by atoms with Gasteiger partial charge in [0.1, 0.15) is 17.7 Å². The van der Waals surface area contributed by atoms with Gasteiger partial charge < -0.3 is 14.9 Å². The molecule has 9 heteroatoms. The summed E-state index contributed by atoms with van der Waals surface area (Å²) in [7, 11) is 1.97. The fourth-order valence-electron chi connectivity index (χ4n) is 1.97. The molecule has 0 saturated heterocycles. The zero-order valence-electron chi connectivity index (χ0n) is 11.9. The standard InChI is InChI=1S/C12H16N8S/c1-8-17-18-12(19(8)2)21-5-3-4-20-7-16-9-10(13)14-6-15-11(9)20/h6-7H,3-5H2,1-2H3,(H2,13,14,15). The van der Waals surface area contributed by atoms with Gasteiger partial charge in [-0.25, -0.2) is 15.0 Å². The number of anilines is 1. The van der Waals surface area contributed by atoms with Crippen molar-refractivity contribution in [2.75, 3.05) is 11.5 Å². The Bertz CT molecular complexity index is 762. The van der Waals surface area contributed by atoms with Crippen molar-refractivity contribution in [3.05, 3.63) is 18.5 Å². The van der Waals surface area contributed by atoms with Crippen LogP contribution < -0.4 is 5.73 Å². The summed E-state index contributed by atoms with van der Waals surface area (Å²) in [5, 5.41) is 9.11. The molecule has 3 aromatic rings. The zero-order valence-corrected chi connectivity index (χ0v) is 12.7. The SMILES string of the molecule is Cc1nnc(SCCCn2cnc3c(N)ncnc32)n1C. The van der Waals surface area contributed by atoms with Crippen molar-refractivity contribution in [2.24, 2.45) is 7.05 Å². The van der Waals surface area contributed by atoms with Crippen molar-refractivity contribution in [1.82, 2.24) is 34.3 Å². The molecule has 0 aliphatic carbocycles. The summed E-state index contributed by atoms with van der Waals surface area (Å²) in [5.74, 6) is 2.29. The molecule has 0 atom stereocenters. The van der Waals surface area contributed by atoms with E-state index in [1.165, 1.54) is 6.33 Å². The van der Waals surface area contributed by atoms with E-state index >= 15 is 0 Å². The molecule has 0 unspecified atom stereocenters. The van der Waals surface area contributed by atoms with E-state index < -0.39 is 0 Å². The first-order valence-electron chi connectivity index (χ1n) is 6.57. The second-order valence-electron chi connectivity index (χ2n) is 4.66. The second-order valence-corrected chi connectivity index (χ2v) is 5.72. The van der Waals surface area contributed by atoms with Gasteiger partial charge in [-0.3, -0.25) is 0 Å². The lowest BCUT2D eigenvalue weighted by molar-refractivity contribution is 0.694. The average molecular weight is 304 g/mol. The van der Waals surface area contributed by atoms with Crippen molar-refractivity contribution in [3.63, 3.8) is 0 Å². The van der Waals surface area contributed by atoms with E-state index in [2.05, 4.69) is 25.1 Å². The van der Waals surface area contributed by atoms with E-state index in [4.69, 9.17) is 5.73 Å². The number of hydrogen-bond donors (Lipinski definition) is 1. The van der Waals surface area contributed by atoms with Crippen LogP contribution in [0.25, 0.3) is 11.2 Å². The third kappa shape index (κ3) is 2.68. The molecular weight excluding hydrogens is 288 g/mol. The van der Waals surface area contributed by atoms with Crippen LogP contribution in [0.15, 0.2) is 17.8 Å². The summed E-state index contributed by atoms with van der Waals surface area (Å²) in [6, 6.07) is 0. The van der Waals surface area contributed by atoms with Crippen LogP contribution in [0.1, 0.15) is 12.2 Å². The summed E-state index contributed by atoms with van der Waals surface area (Å²) >= 11 is 1.70. The molecule has 0 fully saturated rings. The van der Waals surface area contributed by atoms with E-state index in [0.29, 0.717) is 11.3 Å². The summed E-state index contributed by atoms with van der Waals surface area (Å²) in [5.41, 5.74) is 7.21. The minimum absolute atomic E-state index is 0.419. The van der Waals surface area contributed by atoms with Crippen molar-refractivity contribution < 1.29 is 0 Å². The molecule has 0 amide bonds. The highest BCUT2D eigenvalue weighted by molar-refractivity contribution is 7.99. The number of rotatable bonds is 5. The molecule has 0 aliphatic rings. The van der Waals surface area contributed by atoms with E-state index in [1.807, 2.05) is 23.1 Å². The average Bonchev–Trinajstić information content (AvgIpc) is 3.03. The molecule has 0 aromatic carbocycles. The summed E-state index contributed by atoms with van der Waals surface area (Å²) in [6.45, 7) is 2.77. The lowest BCUT2D eigenvalue weighted by Crippen LogP contribution is -2.01. The Labute approximate surface area is 125 Å². The van der Waals surface area contributed by atoms with Crippen molar-refractivity contribution in [3.8, 4) is 0 Å². The lowest BCUT2D eigenvalue weighted by Gasteiger charge is -2.04. The molecule has 0 saturated carbocycles. The summed E-state index contributed by atoms with van der Waals surface area (Å²) < 4.78 is 3.99. The number of nitrogen functional groups attached to an aromatic ring is 1. The Morgan fingerprint density at radius 2 is 2.10 bits per heavy atom. The predicted molar refractivity (Wildman–Crippen MR) is 80.8 cm³/mol. The number of hydrogen-bond acceptors (Lipinski definition) is 7. The molecule has 21 heavy (non-hydrogen) atoms. The molecule has 110 valence electrons. The van der Waals surface area contributed by atoms with Crippen LogP contribution in [0.5, 0.6) is 0 Å². The maximum Gasteiger partial charge on any atom is 0.190 e. The molecule has 0 bridgehead atoms. The van der Waals surface area contributed by atoms with Crippen LogP contribution in [-0.2, 0) is 13.6 Å². The quantitative estimate of drug-likeness (QED) is 0.555. The highest BCUT2D eigenvalue weighted by Crippen LogP contribution is 2.18. The maximum absolute atomic E-state index is 5.77. The third-order valence-corrected chi connectivity index (χ3v) is 4.36. The summed E-state index contributed by atoms with van der Waals surface area (Å²) in [6.07, 6.45) is 4.20. The zero-order chi connectivity index (χ0) is 14.8. The molecule has 3 rings (SSSR count). The van der Waals surface area contributed by atoms with Gasteiger partial charge in [-0.05, 0) is 13.3 Å². The van der Waals surface area contributed by atoms with Crippen molar-refractivity contribution >= 4 is 28.7 Å². The lowest BCUT2D eigenvalue weighted by atomic mass is 10.4. The van der Waals surface area contributed by atoms with Gasteiger partial charge >= 0.3 is 0 Å². The topological polar surface area (TPSA) is 100 Å². The Hall–Kier alpha value is -2.16. The van der Waals surface area contributed by atoms with Gasteiger partial charge in [-0.15, -0.1) is 10.2 Å². The Balaban J connectivity index is 1.60. The fraction of sp³-hybridized carbons (Fsp3) is 0.417. The number of nitrogens with two attached hydrogens (primary N) is 1. The second kappa shape index (κ2) is 5.68. The Morgan fingerprint density at radius 1 is 1.24 bits per heavy atom. The predicted octanol–water partition coefficient (Wildman–Crippen LogP) is 1.03. The Kier molecular flexibility index (Phi) is 3.74. The molecule has 8 nitrogen and oxygen atoms in total. The van der Waals surface area contributed by atoms with Gasteiger partial charge in [0.15, 0.2) is 16.6 Å². The van der Waals surface area contributed by atoms with Gasteiger partial charge in [0.2, 0.25) is 0 Å². The number of nitrogens with zero attached hydrogens (tertiary/aromatic N) is 7. The van der Waals surface area contributed by atoms with Crippen LogP contribution >= 0.6 is 11.8 Å². The first kappa shape index (κ1) is 13.8. The highest BCUT2D eigenvalue weighted by atomic mass is 32.2. The maximum atomic E-state index is 5.77. The monoisotopic (exact) mass is 304 g/mol. The third-order valence-electron chi connectivity index (χ3n) is 3.26. The largest absolute Gasteiger partial charge is 0.382 e. The van der Waals surface area contributed by atoms with E-state index in [-0.39, 0.29) is 0 Å². The van der Waals surface area contributed by atoms with Crippen LogP contribution in [0, 0.1) is 6.92 Å². The smallest absolute Gasteiger partial charge is 0.190 e. The van der Waals surface area contributed by atoms with Gasteiger partial charge in [0.05, 0.1) is 6.33 Å². The number of imidazole rings is 1. The minimum Gasteiger partial charge on any atom is -0.382 e. The summed E-state index contributed by atoms with van der Waals surface area (Å²) in [4.78, 5) is 12.4. The van der Waals surface area contributed by atoms with Crippen molar-refractivity contribution in [1.29, 1.82) is 0 Å². The number of aryl methyl sites for hydroxylation is 2. The number of thioether (sulfide) groups is 1. The van der Waals surface area contributed by atoms with E-state index in [0.717, 1.165) is 35.3 Å². The minimum atomic E-state index is 0.419. The first-order valence-corrected chi connectivity index (χ1v) is 7.55. The Morgan fingerprint density at radius 3 is 2.86 bits per heavy atom. The van der Waals surface area contributed by atoms with Gasteiger partial charge in [-0.1, -0.05) is 11.8 Å². The van der Waals surface area contributed by atoms with Crippen molar-refractivity contribution in [2.45, 2.75) is 25.0 Å². The molecule has 0 aliphatic heterocycles. The van der Waals surface area contributed by atoms with Crippen LogP contribution in [0.4, 0.5) is 5.82 Å². The molecule has 3 heterocycles. The van der Waals surface area contributed by atoms with Gasteiger partial charge in [-0.2, -0.15) is 0 Å². The molecule has 0 spiro atoms. The molecule has 2 N–H and O–H groups in total. The molecular formula is C12H16N8S.